The monoisotopic (exact) mass is 1140 g/mol. The van der Waals surface area contributed by atoms with Gasteiger partial charge in [0.1, 0.15) is 0 Å². The molecule has 3 aliphatic carbocycles. The Hall–Kier alpha value is -9.32. The van der Waals surface area contributed by atoms with Crippen LogP contribution in [0.4, 0.5) is 28.4 Å². The molecule has 4 atom stereocenters. The zero-order chi connectivity index (χ0) is 73.6. The molecule has 2 aromatic heterocycles. The molecule has 0 fully saturated rings. The molecule has 12 aromatic rings. The summed E-state index contributed by atoms with van der Waals surface area (Å²) in [5, 5.41) is -0.245. The molecule has 2 aliphatic heterocycles. The zero-order valence-electron chi connectivity index (χ0n) is 66.7. The topological polar surface area (TPSA) is 16.3 Å². The second-order valence-corrected chi connectivity index (χ2v) is 24.9. The molecule has 0 saturated heterocycles. The molecule has 4 heterocycles. The van der Waals surface area contributed by atoms with Crippen LogP contribution >= 0.6 is 0 Å². The van der Waals surface area contributed by atoms with Crippen molar-refractivity contribution in [1.82, 2.24) is 9.13 Å². The van der Waals surface area contributed by atoms with E-state index in [0.29, 0.717) is 46.0 Å². The van der Waals surface area contributed by atoms with Crippen molar-refractivity contribution in [2.75, 3.05) is 9.80 Å². The number of benzene rings is 10. The minimum absolute atomic E-state index is 0.0225. The van der Waals surface area contributed by atoms with Crippen LogP contribution in [0.2, 0.25) is 0 Å². The highest BCUT2D eigenvalue weighted by atomic mass is 15.2. The van der Waals surface area contributed by atoms with Gasteiger partial charge in [-0.15, -0.1) is 0 Å². The maximum atomic E-state index is 9.99. The van der Waals surface area contributed by atoms with Crippen LogP contribution in [0.1, 0.15) is 109 Å². The smallest absolute Gasteiger partial charge is 0.252 e. The molecule has 0 saturated carbocycles. The van der Waals surface area contributed by atoms with E-state index in [1.165, 1.54) is 5.57 Å². The zero-order valence-corrected chi connectivity index (χ0v) is 48.7. The highest BCUT2D eigenvalue weighted by Crippen LogP contribution is 2.54. The van der Waals surface area contributed by atoms with Gasteiger partial charge >= 0.3 is 0 Å². The molecule has 0 amide bonds. The summed E-state index contributed by atoms with van der Waals surface area (Å²) in [4.78, 5) is 4.77. The minimum atomic E-state index is -0.703. The fourth-order valence-electron chi connectivity index (χ4n) is 15.2. The lowest BCUT2D eigenvalue weighted by Gasteiger charge is -2.51. The summed E-state index contributed by atoms with van der Waals surface area (Å²) in [6, 6.07) is 31.7. The van der Waals surface area contributed by atoms with Crippen LogP contribution in [0.15, 0.2) is 259 Å². The van der Waals surface area contributed by atoms with Crippen molar-refractivity contribution in [3.63, 3.8) is 0 Å². The van der Waals surface area contributed by atoms with Crippen molar-refractivity contribution in [3.05, 3.63) is 265 Å². The van der Waals surface area contributed by atoms with E-state index in [-0.39, 0.29) is 61.5 Å². The average molecular weight is 1140 g/mol. The molecule has 87 heavy (non-hydrogen) atoms. The lowest BCUT2D eigenvalue weighted by Crippen LogP contribution is -2.64. The summed E-state index contributed by atoms with van der Waals surface area (Å²) < 4.78 is 173. The lowest BCUT2D eigenvalue weighted by molar-refractivity contribution is 0.392. The fourth-order valence-corrected chi connectivity index (χ4v) is 15.2. The van der Waals surface area contributed by atoms with Crippen LogP contribution in [0.3, 0.4) is 0 Å². The number of para-hydroxylation sites is 5. The van der Waals surface area contributed by atoms with E-state index in [0.717, 1.165) is 95.0 Å². The van der Waals surface area contributed by atoms with Crippen LogP contribution < -0.4 is 26.2 Å². The third kappa shape index (κ3) is 8.32. The van der Waals surface area contributed by atoms with Gasteiger partial charge in [-0.1, -0.05) is 214 Å². The van der Waals surface area contributed by atoms with Crippen molar-refractivity contribution in [2.24, 2.45) is 11.8 Å². The average Bonchev–Trinajstić information content (AvgIpc) is 1.67. The predicted molar refractivity (Wildman–Crippen MR) is 370 cm³/mol. The molecule has 5 heteroatoms. The SMILES string of the molecule is [2H]c1cc(-c2ccccc2)c(N2c3cc(-n4c5c([2H])c([2H])c([2H])c([2H])c5c5c([2H])c([2H])c([2H])c([2H])c54)ccc3B3c4ccc(-n5c6c([2H])c([2H])c([2H])c([2H])c6c6c([2H])c([2H])c([2H])c([2H])c65)cc4N(C4C(C5CC=CCC5)=CC([2H])CC4C4=CCCCC4)c4cc(C(C)(C)C)cc2c43)c(-c2ccccc2)c1. The van der Waals surface area contributed by atoms with Crippen LogP contribution in [-0.2, 0) is 5.41 Å². The molecule has 10 aromatic carbocycles. The Morgan fingerprint density at radius 3 is 1.61 bits per heavy atom. The van der Waals surface area contributed by atoms with Crippen molar-refractivity contribution in [1.29, 1.82) is 0 Å². The molecule has 0 N–H and O–H groups in total. The van der Waals surface area contributed by atoms with Gasteiger partial charge in [0.05, 0.1) is 57.1 Å². The molecule has 17 rings (SSSR count). The lowest BCUT2D eigenvalue weighted by atomic mass is 9.33. The van der Waals surface area contributed by atoms with Crippen LogP contribution in [0.5, 0.6) is 0 Å². The van der Waals surface area contributed by atoms with Crippen molar-refractivity contribution in [2.45, 2.75) is 90.0 Å². The third-order valence-corrected chi connectivity index (χ3v) is 19.1. The van der Waals surface area contributed by atoms with Crippen LogP contribution in [0, 0.1) is 11.8 Å². The number of aromatic nitrogens is 2. The molecule has 0 radical (unpaired) electrons. The summed E-state index contributed by atoms with van der Waals surface area (Å²) in [6.45, 7) is 5.83. The van der Waals surface area contributed by atoms with E-state index in [9.17, 15) is 19.2 Å². The molecule has 422 valence electrons. The molecular formula is C82H71BN4. The number of allylic oxidation sites excluding steroid dienone is 4. The van der Waals surface area contributed by atoms with E-state index in [4.69, 9.17) is 5.48 Å². The van der Waals surface area contributed by atoms with E-state index in [2.05, 4.69) is 67.0 Å². The minimum Gasteiger partial charge on any atom is -0.334 e. The first-order chi connectivity index (χ1) is 50.3. The van der Waals surface area contributed by atoms with Crippen LogP contribution in [-0.4, -0.2) is 21.9 Å². The van der Waals surface area contributed by atoms with Gasteiger partial charge in [0, 0.05) is 74.1 Å². The van der Waals surface area contributed by atoms with E-state index in [1.54, 1.807) is 9.13 Å². The van der Waals surface area contributed by atoms with E-state index >= 15 is 0 Å². The molecule has 4 nitrogen and oxygen atoms in total. The first-order valence-corrected chi connectivity index (χ1v) is 30.6. The van der Waals surface area contributed by atoms with Gasteiger partial charge in [0.25, 0.3) is 6.71 Å². The standard InChI is InChI=1S/C82H71BN4/c1-82(2,3)58-50-77-79-78(51-58)87(81-63(56-30-12-6-13-31-56)40-25-41-64(81)57-32-14-7-15-33-57)76-53-60(85-73-44-22-18-36-67(73)68-37-19-23-45-74(68)85)47-49-70(76)83(79)69-48-46-59(84-71-42-20-16-34-65(71)66-35-17-21-43-72(66)84)52-75(69)86(77)80-61(54-26-8-4-9-27-54)38-24-39-62(80)55-28-10-5-11-29-55/h4-6,8-12,16-24,26-29,32,34-40,42-53,56,64,81H,7,13-15,25,30-31,33,41H2,1-3H3/i16D,17D,18D,19D,20D,21D,22D,23D,24D,25D,34D,35D,36D,37D,42D,43D,44D,45D. The number of fused-ring (bicyclic) bond motifs is 10. The van der Waals surface area contributed by atoms with E-state index < -0.39 is 121 Å². The number of nitrogens with zero attached hydrogens (tertiary/aromatic N) is 4. The second-order valence-electron chi connectivity index (χ2n) is 24.9. The quantitative estimate of drug-likeness (QED) is 0.111. The maximum absolute atomic E-state index is 9.99. The summed E-state index contributed by atoms with van der Waals surface area (Å²) in [6.07, 6.45) is 15.2. The Labute approximate surface area is 537 Å². The Bertz CT molecular complexity index is 5680. The molecule has 4 unspecified atom stereocenters. The third-order valence-electron chi connectivity index (χ3n) is 19.1. The Morgan fingerprint density at radius 2 is 1.07 bits per heavy atom. The van der Waals surface area contributed by atoms with Crippen molar-refractivity contribution in [3.8, 4) is 33.6 Å². The Kier molecular flexibility index (Phi) is 8.71. The summed E-state index contributed by atoms with van der Waals surface area (Å²) >= 11 is 0. The van der Waals surface area contributed by atoms with Crippen molar-refractivity contribution >= 4 is 95.1 Å². The van der Waals surface area contributed by atoms with Gasteiger partial charge in [-0.25, -0.2) is 0 Å². The number of hydrogen-bond acceptors (Lipinski definition) is 2. The normalized spacial score (nSPS) is 22.0. The number of hydrogen-bond donors (Lipinski definition) is 0. The molecule has 0 bridgehead atoms. The first kappa shape index (κ1) is 36.6. The summed E-state index contributed by atoms with van der Waals surface area (Å²) in [5.41, 5.74) is 12.3. The van der Waals surface area contributed by atoms with Gasteiger partial charge in [-0.05, 0) is 168 Å². The van der Waals surface area contributed by atoms with Gasteiger partial charge in [0.15, 0.2) is 0 Å². The number of anilines is 5. The Morgan fingerprint density at radius 1 is 0.517 bits per heavy atom. The largest absolute Gasteiger partial charge is 0.334 e. The maximum Gasteiger partial charge on any atom is 0.252 e. The summed E-state index contributed by atoms with van der Waals surface area (Å²) in [5.74, 6) is -0.170. The highest BCUT2D eigenvalue weighted by Gasteiger charge is 2.49. The van der Waals surface area contributed by atoms with Crippen molar-refractivity contribution < 1.29 is 24.7 Å². The number of rotatable bonds is 8. The Balaban J connectivity index is 1.07. The van der Waals surface area contributed by atoms with Crippen LogP contribution in [0.25, 0.3) is 77.2 Å². The van der Waals surface area contributed by atoms with E-state index in [1.807, 2.05) is 109 Å². The predicted octanol–water partition coefficient (Wildman–Crippen LogP) is 19.8. The molecular weight excluding hydrogens is 1050 g/mol. The van der Waals surface area contributed by atoms with Gasteiger partial charge in [-0.2, -0.15) is 0 Å². The molecule has 5 aliphatic rings. The summed E-state index contributed by atoms with van der Waals surface area (Å²) in [7, 11) is 0. The van der Waals surface area contributed by atoms with Gasteiger partial charge < -0.3 is 18.9 Å². The molecule has 0 spiro atoms. The second kappa shape index (κ2) is 20.7. The fraction of sp³-hybridized carbons (Fsp3) is 0.195. The first-order valence-electron chi connectivity index (χ1n) is 39.7. The highest BCUT2D eigenvalue weighted by molar-refractivity contribution is 7.00. The van der Waals surface area contributed by atoms with Gasteiger partial charge in [-0.3, -0.25) is 0 Å². The van der Waals surface area contributed by atoms with Gasteiger partial charge in [0.2, 0.25) is 0 Å².